The molecule has 31 heavy (non-hydrogen) atoms. The third-order valence-electron chi connectivity index (χ3n) is 5.56. The largest absolute Gasteiger partial charge is 0.481 e. The van der Waals surface area contributed by atoms with Crippen LogP contribution in [0.15, 0.2) is 89.8 Å². The van der Waals surface area contributed by atoms with Crippen molar-refractivity contribution in [3.8, 4) is 0 Å². The first-order valence-corrected chi connectivity index (χ1v) is 11.5. The molecule has 5 nitrogen and oxygen atoms in total. The highest BCUT2D eigenvalue weighted by molar-refractivity contribution is 7.82. The smallest absolute Gasteiger partial charge is 0.307 e. The van der Waals surface area contributed by atoms with E-state index in [2.05, 4.69) is 23.1 Å². The van der Waals surface area contributed by atoms with Gasteiger partial charge in [0.2, 0.25) is 0 Å². The quantitative estimate of drug-likeness (QED) is 0.615. The molecule has 0 amide bonds. The number of carboxylic acids is 1. The van der Waals surface area contributed by atoms with Crippen molar-refractivity contribution < 1.29 is 14.1 Å². The fourth-order valence-corrected chi connectivity index (χ4v) is 5.29. The van der Waals surface area contributed by atoms with Crippen molar-refractivity contribution in [2.24, 2.45) is 0 Å². The molecule has 1 heterocycles. The van der Waals surface area contributed by atoms with E-state index in [1.807, 2.05) is 71.0 Å². The summed E-state index contributed by atoms with van der Waals surface area (Å²) in [6.45, 7) is 2.97. The molecule has 0 spiro atoms. The minimum Gasteiger partial charge on any atom is -0.481 e. The summed E-state index contributed by atoms with van der Waals surface area (Å²) in [6, 6.07) is 27.8. The zero-order valence-corrected chi connectivity index (χ0v) is 18.1. The fraction of sp³-hybridized carbons (Fsp3) is 0.240. The number of hydrogen-bond donors (Lipinski definition) is 1. The first-order valence-electron chi connectivity index (χ1n) is 10.4. The van der Waals surface area contributed by atoms with Crippen molar-refractivity contribution >= 4 is 17.0 Å². The number of rotatable bonds is 7. The lowest BCUT2D eigenvalue weighted by Gasteiger charge is -2.39. The van der Waals surface area contributed by atoms with Gasteiger partial charge in [0, 0.05) is 26.2 Å². The number of carbonyl (C=O) groups is 1. The van der Waals surface area contributed by atoms with Gasteiger partial charge in [-0.15, -0.1) is 0 Å². The molecule has 0 saturated carbocycles. The van der Waals surface area contributed by atoms with E-state index in [1.54, 1.807) is 0 Å². The minimum atomic E-state index is -1.16. The fourth-order valence-electron chi connectivity index (χ4n) is 4.11. The number of hydrogen-bond acceptors (Lipinski definition) is 3. The standard InChI is InChI=1S/C25H26N2O3S/c28-24(29)19-20-8-7-11-22(18-20)25(21-9-3-1-4-10-21)26-14-16-27(17-15-26)31(30)23-12-5-2-6-13-23/h1-13,18,25H,14-17,19H2,(H,28,29). The van der Waals surface area contributed by atoms with Gasteiger partial charge in [-0.25, -0.2) is 8.51 Å². The average Bonchev–Trinajstić information content (AvgIpc) is 2.80. The maximum Gasteiger partial charge on any atom is 0.307 e. The zero-order chi connectivity index (χ0) is 21.6. The highest BCUT2D eigenvalue weighted by atomic mass is 32.2. The van der Waals surface area contributed by atoms with Crippen LogP contribution in [0.2, 0.25) is 0 Å². The van der Waals surface area contributed by atoms with Gasteiger partial charge < -0.3 is 5.11 Å². The Labute approximate surface area is 185 Å². The Kier molecular flexibility index (Phi) is 6.92. The Morgan fingerprint density at radius 3 is 2.10 bits per heavy atom. The number of carboxylic acid groups (broad SMARTS) is 1. The van der Waals surface area contributed by atoms with Gasteiger partial charge in [-0.2, -0.15) is 0 Å². The second-order valence-corrected chi connectivity index (χ2v) is 9.14. The Bertz CT molecular complexity index is 1030. The normalized spacial score (nSPS) is 17.2. The number of aliphatic carboxylic acids is 1. The van der Waals surface area contributed by atoms with Crippen LogP contribution in [0, 0.1) is 0 Å². The van der Waals surface area contributed by atoms with Gasteiger partial charge in [0.15, 0.2) is 0 Å². The van der Waals surface area contributed by atoms with E-state index in [0.29, 0.717) is 13.1 Å². The second kappa shape index (κ2) is 10.0. The zero-order valence-electron chi connectivity index (χ0n) is 17.3. The van der Waals surface area contributed by atoms with Gasteiger partial charge in [-0.1, -0.05) is 72.8 Å². The summed E-state index contributed by atoms with van der Waals surface area (Å²) in [7, 11) is -1.16. The molecular formula is C25H26N2O3S. The third-order valence-corrected chi connectivity index (χ3v) is 7.06. The highest BCUT2D eigenvalue weighted by Crippen LogP contribution is 2.30. The van der Waals surface area contributed by atoms with Gasteiger partial charge in [0.1, 0.15) is 11.0 Å². The molecule has 1 N–H and O–H groups in total. The maximum absolute atomic E-state index is 12.9. The van der Waals surface area contributed by atoms with E-state index in [1.165, 1.54) is 5.56 Å². The predicted octanol–water partition coefficient (Wildman–Crippen LogP) is 3.74. The first-order chi connectivity index (χ1) is 15.1. The lowest BCUT2D eigenvalue weighted by molar-refractivity contribution is -0.136. The molecule has 3 aromatic rings. The van der Waals surface area contributed by atoms with Crippen LogP contribution in [-0.4, -0.2) is 50.7 Å². The summed E-state index contributed by atoms with van der Waals surface area (Å²) in [6.07, 6.45) is 0.0131. The van der Waals surface area contributed by atoms with Crippen molar-refractivity contribution in [1.29, 1.82) is 0 Å². The first kappa shape index (κ1) is 21.4. The van der Waals surface area contributed by atoms with Crippen LogP contribution in [0.1, 0.15) is 22.7 Å². The van der Waals surface area contributed by atoms with Crippen LogP contribution in [0.5, 0.6) is 0 Å². The molecule has 2 atom stereocenters. The molecular weight excluding hydrogens is 408 g/mol. The molecule has 0 bridgehead atoms. The monoisotopic (exact) mass is 434 g/mol. The predicted molar refractivity (Wildman–Crippen MR) is 122 cm³/mol. The van der Waals surface area contributed by atoms with Crippen molar-refractivity contribution in [2.75, 3.05) is 26.2 Å². The molecule has 160 valence electrons. The molecule has 3 aromatic carbocycles. The van der Waals surface area contributed by atoms with Crippen molar-refractivity contribution in [3.05, 3.63) is 102 Å². The number of piperazine rings is 1. The summed E-state index contributed by atoms with van der Waals surface area (Å²) < 4.78 is 14.9. The van der Waals surface area contributed by atoms with Gasteiger partial charge in [0.25, 0.3) is 0 Å². The summed E-state index contributed by atoms with van der Waals surface area (Å²) in [4.78, 5) is 14.4. The van der Waals surface area contributed by atoms with Crippen molar-refractivity contribution in [3.63, 3.8) is 0 Å². The summed E-state index contributed by atoms with van der Waals surface area (Å²) >= 11 is 0. The minimum absolute atomic E-state index is 0.0131. The molecule has 4 rings (SSSR count). The maximum atomic E-state index is 12.9. The van der Waals surface area contributed by atoms with Crippen LogP contribution in [0.4, 0.5) is 0 Å². The van der Waals surface area contributed by atoms with Gasteiger partial charge in [-0.3, -0.25) is 9.69 Å². The van der Waals surface area contributed by atoms with E-state index in [4.69, 9.17) is 0 Å². The van der Waals surface area contributed by atoms with Crippen LogP contribution >= 0.6 is 0 Å². The van der Waals surface area contributed by atoms with E-state index in [-0.39, 0.29) is 12.5 Å². The summed E-state index contributed by atoms with van der Waals surface area (Å²) in [5.74, 6) is -0.828. The number of benzene rings is 3. The van der Waals surface area contributed by atoms with E-state index in [9.17, 15) is 14.1 Å². The molecule has 1 saturated heterocycles. The molecule has 1 fully saturated rings. The Morgan fingerprint density at radius 1 is 0.839 bits per heavy atom. The van der Waals surface area contributed by atoms with Gasteiger partial charge in [-0.05, 0) is 28.8 Å². The topological polar surface area (TPSA) is 60.9 Å². The molecule has 0 radical (unpaired) electrons. The third kappa shape index (κ3) is 5.28. The Morgan fingerprint density at radius 2 is 1.45 bits per heavy atom. The molecule has 0 aromatic heterocycles. The van der Waals surface area contributed by atoms with Crippen LogP contribution < -0.4 is 0 Å². The van der Waals surface area contributed by atoms with Crippen molar-refractivity contribution in [1.82, 2.24) is 9.21 Å². The molecule has 6 heteroatoms. The molecule has 0 aliphatic carbocycles. The Balaban J connectivity index is 1.55. The Hall–Kier alpha value is -2.80. The van der Waals surface area contributed by atoms with Crippen LogP contribution in [-0.2, 0) is 22.2 Å². The van der Waals surface area contributed by atoms with E-state index >= 15 is 0 Å². The van der Waals surface area contributed by atoms with Gasteiger partial charge >= 0.3 is 5.97 Å². The molecule has 1 aliphatic rings. The lowest BCUT2D eigenvalue weighted by atomic mass is 9.94. The summed E-state index contributed by atoms with van der Waals surface area (Å²) in [5, 5.41) is 9.19. The molecule has 1 aliphatic heterocycles. The van der Waals surface area contributed by atoms with Crippen molar-refractivity contribution in [2.45, 2.75) is 17.4 Å². The van der Waals surface area contributed by atoms with Gasteiger partial charge in [0.05, 0.1) is 17.4 Å². The van der Waals surface area contributed by atoms with Crippen LogP contribution in [0.25, 0.3) is 0 Å². The van der Waals surface area contributed by atoms with Crippen LogP contribution in [0.3, 0.4) is 0 Å². The summed E-state index contributed by atoms with van der Waals surface area (Å²) in [5.41, 5.74) is 3.06. The number of nitrogens with zero attached hydrogens (tertiary/aromatic N) is 2. The average molecular weight is 435 g/mol. The van der Waals surface area contributed by atoms with E-state index < -0.39 is 17.0 Å². The molecule has 2 unspecified atom stereocenters. The van der Waals surface area contributed by atoms with E-state index in [0.717, 1.165) is 29.1 Å². The second-order valence-electron chi connectivity index (χ2n) is 7.66. The SMILES string of the molecule is O=C(O)Cc1cccc(C(c2ccccc2)N2CCN(S(=O)c3ccccc3)CC2)c1. The highest BCUT2D eigenvalue weighted by Gasteiger charge is 2.28. The lowest BCUT2D eigenvalue weighted by Crippen LogP contribution is -2.48.